The van der Waals surface area contributed by atoms with E-state index in [1.807, 2.05) is 0 Å². The fraction of sp³-hybridized carbons (Fsp3) is 0.167. The van der Waals surface area contributed by atoms with E-state index in [1.54, 1.807) is 0 Å². The Morgan fingerprint density at radius 1 is 1.40 bits per heavy atom. The number of rotatable bonds is 2. The van der Waals surface area contributed by atoms with Gasteiger partial charge in [-0.3, -0.25) is 4.68 Å². The number of anilines is 1. The second-order valence-corrected chi connectivity index (χ2v) is 3.98. The maximum atomic E-state index is 12.5. The molecule has 8 heteroatoms. The average molecular weight is 285 g/mol. The molecular formula is C12H10F3N3O2. The Labute approximate surface area is 111 Å². The summed E-state index contributed by atoms with van der Waals surface area (Å²) in [7, 11) is 1.52. The van der Waals surface area contributed by atoms with Crippen molar-refractivity contribution in [3.05, 3.63) is 41.6 Å². The maximum Gasteiger partial charge on any atom is 0.416 e. The van der Waals surface area contributed by atoms with Crippen molar-refractivity contribution in [2.45, 2.75) is 6.18 Å². The number of esters is 1. The summed E-state index contributed by atoms with van der Waals surface area (Å²) < 4.78 is 43.7. The van der Waals surface area contributed by atoms with Crippen molar-refractivity contribution in [1.82, 2.24) is 9.78 Å². The van der Waals surface area contributed by atoms with E-state index in [0.29, 0.717) is 0 Å². The van der Waals surface area contributed by atoms with Crippen LogP contribution in [0.25, 0.3) is 0 Å². The van der Waals surface area contributed by atoms with Gasteiger partial charge in [-0.25, -0.2) is 4.79 Å². The van der Waals surface area contributed by atoms with Gasteiger partial charge in [0.2, 0.25) is 0 Å². The fourth-order valence-electron chi connectivity index (χ4n) is 1.50. The molecule has 0 radical (unpaired) electrons. The number of ether oxygens (including phenoxy) is 1. The van der Waals surface area contributed by atoms with E-state index in [0.717, 1.165) is 18.2 Å². The van der Waals surface area contributed by atoms with E-state index >= 15 is 0 Å². The first-order valence-corrected chi connectivity index (χ1v) is 5.46. The second kappa shape index (κ2) is 4.87. The van der Waals surface area contributed by atoms with Gasteiger partial charge >= 0.3 is 12.1 Å². The van der Waals surface area contributed by atoms with Crippen molar-refractivity contribution < 1.29 is 22.7 Å². The molecule has 1 aromatic heterocycles. The summed E-state index contributed by atoms with van der Waals surface area (Å²) in [4.78, 5) is 11.8. The van der Waals surface area contributed by atoms with Crippen LogP contribution in [-0.2, 0) is 13.2 Å². The molecule has 0 fully saturated rings. The number of aryl methyl sites for hydroxylation is 1. The molecule has 0 spiro atoms. The van der Waals surface area contributed by atoms with Gasteiger partial charge < -0.3 is 10.5 Å². The lowest BCUT2D eigenvalue weighted by Crippen LogP contribution is -2.12. The zero-order valence-corrected chi connectivity index (χ0v) is 10.3. The van der Waals surface area contributed by atoms with E-state index in [4.69, 9.17) is 10.5 Å². The zero-order chi connectivity index (χ0) is 14.9. The first-order chi connectivity index (χ1) is 9.29. The van der Waals surface area contributed by atoms with E-state index in [2.05, 4.69) is 5.10 Å². The molecule has 5 nitrogen and oxygen atoms in total. The summed E-state index contributed by atoms with van der Waals surface area (Å²) in [5.74, 6) is -1.01. The summed E-state index contributed by atoms with van der Waals surface area (Å²) in [5, 5.41) is 3.75. The Morgan fingerprint density at radius 2 is 2.10 bits per heavy atom. The third-order valence-electron chi connectivity index (χ3n) is 2.58. The number of hydrogen-bond acceptors (Lipinski definition) is 4. The number of alkyl halides is 3. The SMILES string of the molecule is Cn1ncc(C(=O)Oc2cccc(C(F)(F)F)c2)c1N. The second-order valence-electron chi connectivity index (χ2n) is 3.98. The summed E-state index contributed by atoms with van der Waals surface area (Å²) in [5.41, 5.74) is 4.67. The third kappa shape index (κ3) is 2.73. The number of benzene rings is 1. The van der Waals surface area contributed by atoms with Gasteiger partial charge in [0.1, 0.15) is 17.1 Å². The number of aromatic nitrogens is 2. The number of nitrogen functional groups attached to an aromatic ring is 1. The van der Waals surface area contributed by atoms with Gasteiger partial charge in [-0.2, -0.15) is 18.3 Å². The number of nitrogens with two attached hydrogens (primary N) is 1. The van der Waals surface area contributed by atoms with Crippen LogP contribution >= 0.6 is 0 Å². The lowest BCUT2D eigenvalue weighted by Gasteiger charge is -2.08. The first kappa shape index (κ1) is 13.9. The van der Waals surface area contributed by atoms with Crippen LogP contribution in [0.1, 0.15) is 15.9 Å². The van der Waals surface area contributed by atoms with Gasteiger partial charge in [-0.1, -0.05) is 6.07 Å². The van der Waals surface area contributed by atoms with Crippen molar-refractivity contribution in [2.24, 2.45) is 7.05 Å². The molecule has 1 aromatic carbocycles. The molecule has 0 aliphatic carbocycles. The highest BCUT2D eigenvalue weighted by molar-refractivity contribution is 5.95. The highest BCUT2D eigenvalue weighted by Gasteiger charge is 2.30. The van der Waals surface area contributed by atoms with Crippen LogP contribution in [0.3, 0.4) is 0 Å². The van der Waals surface area contributed by atoms with Crippen molar-refractivity contribution in [2.75, 3.05) is 5.73 Å². The smallest absolute Gasteiger partial charge is 0.416 e. The molecule has 0 bridgehead atoms. The van der Waals surface area contributed by atoms with Crippen LogP contribution in [-0.4, -0.2) is 15.7 Å². The quantitative estimate of drug-likeness (QED) is 0.678. The molecule has 2 N–H and O–H groups in total. The molecule has 106 valence electrons. The largest absolute Gasteiger partial charge is 0.423 e. The molecule has 2 aromatic rings. The van der Waals surface area contributed by atoms with Gasteiger partial charge in [0.25, 0.3) is 0 Å². The van der Waals surface area contributed by atoms with Crippen LogP contribution in [0.2, 0.25) is 0 Å². The van der Waals surface area contributed by atoms with Crippen molar-refractivity contribution >= 4 is 11.8 Å². The van der Waals surface area contributed by atoms with Gasteiger partial charge in [-0.15, -0.1) is 0 Å². The zero-order valence-electron chi connectivity index (χ0n) is 10.3. The normalized spacial score (nSPS) is 11.4. The molecule has 0 amide bonds. The van der Waals surface area contributed by atoms with E-state index in [9.17, 15) is 18.0 Å². The van der Waals surface area contributed by atoms with Crippen LogP contribution in [0.15, 0.2) is 30.5 Å². The Hall–Kier alpha value is -2.51. The number of hydrogen-bond donors (Lipinski definition) is 1. The van der Waals surface area contributed by atoms with Crippen LogP contribution < -0.4 is 10.5 Å². The maximum absolute atomic E-state index is 12.5. The lowest BCUT2D eigenvalue weighted by atomic mass is 10.2. The summed E-state index contributed by atoms with van der Waals surface area (Å²) in [6, 6.07) is 4.03. The molecule has 0 unspecified atom stereocenters. The van der Waals surface area contributed by atoms with E-state index in [-0.39, 0.29) is 17.1 Å². The molecule has 1 heterocycles. The Bertz CT molecular complexity index is 650. The highest BCUT2D eigenvalue weighted by Crippen LogP contribution is 2.31. The van der Waals surface area contributed by atoms with Crippen molar-refractivity contribution in [3.8, 4) is 5.75 Å². The first-order valence-electron chi connectivity index (χ1n) is 5.46. The van der Waals surface area contributed by atoms with Gasteiger partial charge in [0, 0.05) is 7.05 Å². The lowest BCUT2D eigenvalue weighted by molar-refractivity contribution is -0.137. The minimum absolute atomic E-state index is 0.00934. The van der Waals surface area contributed by atoms with Crippen LogP contribution in [0, 0.1) is 0 Å². The van der Waals surface area contributed by atoms with E-state index in [1.165, 1.54) is 24.0 Å². The Kier molecular flexibility index (Phi) is 3.39. The Balaban J connectivity index is 2.22. The molecule has 0 atom stereocenters. The minimum atomic E-state index is -4.50. The molecule has 0 saturated heterocycles. The van der Waals surface area contributed by atoms with Crippen LogP contribution in [0.4, 0.5) is 19.0 Å². The molecule has 0 aliphatic heterocycles. The fourth-order valence-corrected chi connectivity index (χ4v) is 1.50. The number of carbonyl (C=O) groups excluding carboxylic acids is 1. The predicted molar refractivity (Wildman–Crippen MR) is 64.0 cm³/mol. The molecule has 0 aliphatic rings. The molecular weight excluding hydrogens is 275 g/mol. The topological polar surface area (TPSA) is 70.1 Å². The van der Waals surface area contributed by atoms with Gasteiger partial charge in [-0.05, 0) is 18.2 Å². The van der Waals surface area contributed by atoms with Gasteiger partial charge in [0.15, 0.2) is 0 Å². The average Bonchev–Trinajstić information content (AvgIpc) is 2.69. The molecule has 2 rings (SSSR count). The summed E-state index contributed by atoms with van der Waals surface area (Å²) in [6.07, 6.45) is -3.32. The standard InChI is InChI=1S/C12H10F3N3O2/c1-18-10(16)9(6-17-18)11(19)20-8-4-2-3-7(5-8)12(13,14)15/h2-6H,16H2,1H3. The van der Waals surface area contributed by atoms with Gasteiger partial charge in [0.05, 0.1) is 11.8 Å². The number of halogens is 3. The summed E-state index contributed by atoms with van der Waals surface area (Å²) in [6.45, 7) is 0. The number of nitrogens with zero attached hydrogens (tertiary/aromatic N) is 2. The minimum Gasteiger partial charge on any atom is -0.423 e. The van der Waals surface area contributed by atoms with Crippen molar-refractivity contribution in [1.29, 1.82) is 0 Å². The third-order valence-corrected chi connectivity index (χ3v) is 2.58. The number of carbonyl (C=O) groups is 1. The monoisotopic (exact) mass is 285 g/mol. The van der Waals surface area contributed by atoms with E-state index < -0.39 is 17.7 Å². The van der Waals surface area contributed by atoms with Crippen LogP contribution in [0.5, 0.6) is 5.75 Å². The Morgan fingerprint density at radius 3 is 2.65 bits per heavy atom. The molecule has 0 saturated carbocycles. The summed E-state index contributed by atoms with van der Waals surface area (Å²) >= 11 is 0. The molecule has 20 heavy (non-hydrogen) atoms. The predicted octanol–water partition coefficient (Wildman–Crippen LogP) is 2.24. The van der Waals surface area contributed by atoms with Crippen molar-refractivity contribution in [3.63, 3.8) is 0 Å². The highest BCUT2D eigenvalue weighted by atomic mass is 19.4.